The molecule has 0 aromatic carbocycles. The molecule has 0 bridgehead atoms. The van der Waals surface area contributed by atoms with Crippen LogP contribution in [0.4, 0.5) is 0 Å². The van der Waals surface area contributed by atoms with E-state index < -0.39 is 0 Å². The van der Waals surface area contributed by atoms with Gasteiger partial charge in [0.25, 0.3) is 5.91 Å². The number of imide groups is 1. The van der Waals surface area contributed by atoms with Crippen LogP contribution in [0.1, 0.15) is 18.9 Å². The van der Waals surface area contributed by atoms with Crippen LogP contribution in [0.5, 0.6) is 0 Å². The van der Waals surface area contributed by atoms with Crippen LogP contribution >= 0.6 is 0 Å². The molecule has 4 heteroatoms. The van der Waals surface area contributed by atoms with Crippen LogP contribution in [0.2, 0.25) is 0 Å². The van der Waals surface area contributed by atoms with Crippen molar-refractivity contribution in [3.63, 3.8) is 0 Å². The first-order valence-electron chi connectivity index (χ1n) is 4.89. The van der Waals surface area contributed by atoms with E-state index in [1.165, 1.54) is 0 Å². The molecule has 1 aromatic rings. The second kappa shape index (κ2) is 3.73. The van der Waals surface area contributed by atoms with Crippen molar-refractivity contribution in [2.45, 2.75) is 19.9 Å². The van der Waals surface area contributed by atoms with Gasteiger partial charge in [0, 0.05) is 24.5 Å². The van der Waals surface area contributed by atoms with E-state index in [1.807, 2.05) is 30.0 Å². The Kier molecular flexibility index (Phi) is 2.41. The average Bonchev–Trinajstić information content (AvgIpc) is 2.75. The maximum atomic E-state index is 11.3. The van der Waals surface area contributed by atoms with Gasteiger partial charge in [0.2, 0.25) is 5.91 Å². The summed E-state index contributed by atoms with van der Waals surface area (Å²) in [6.45, 7) is 2.94. The van der Waals surface area contributed by atoms with Gasteiger partial charge >= 0.3 is 0 Å². The van der Waals surface area contributed by atoms with Crippen LogP contribution in [0.15, 0.2) is 24.0 Å². The third kappa shape index (κ3) is 1.98. The van der Waals surface area contributed by atoms with Gasteiger partial charge in [-0.3, -0.25) is 14.9 Å². The van der Waals surface area contributed by atoms with Crippen molar-refractivity contribution < 1.29 is 9.59 Å². The molecule has 0 unspecified atom stereocenters. The molecule has 0 spiro atoms. The summed E-state index contributed by atoms with van der Waals surface area (Å²) in [5, 5.41) is 2.25. The Hall–Kier alpha value is -1.84. The fraction of sp³-hybridized carbons (Fsp3) is 0.273. The van der Waals surface area contributed by atoms with E-state index in [0.29, 0.717) is 5.57 Å². The van der Waals surface area contributed by atoms with E-state index in [2.05, 4.69) is 5.32 Å². The molecule has 4 nitrogen and oxygen atoms in total. The van der Waals surface area contributed by atoms with Crippen molar-refractivity contribution in [2.24, 2.45) is 0 Å². The Balaban J connectivity index is 2.22. The first-order valence-corrected chi connectivity index (χ1v) is 4.89. The number of rotatable bonds is 2. The standard InChI is InChI=1S/C11H12N2O2/c1-2-13-4-3-8(7-13)5-9-6-10(14)12-11(9)15/h3-5,7H,2,6H2,1H3,(H,12,14,15). The van der Waals surface area contributed by atoms with Crippen LogP contribution in [0, 0.1) is 0 Å². The van der Waals surface area contributed by atoms with Crippen molar-refractivity contribution >= 4 is 17.9 Å². The van der Waals surface area contributed by atoms with Gasteiger partial charge < -0.3 is 4.57 Å². The maximum absolute atomic E-state index is 11.3. The van der Waals surface area contributed by atoms with Crippen molar-refractivity contribution in [2.75, 3.05) is 0 Å². The van der Waals surface area contributed by atoms with Gasteiger partial charge in [0.05, 0.1) is 6.42 Å². The average molecular weight is 204 g/mol. The quantitative estimate of drug-likeness (QED) is 0.575. The molecule has 1 N–H and O–H groups in total. The lowest BCUT2D eigenvalue weighted by molar-refractivity contribution is -0.124. The highest BCUT2D eigenvalue weighted by molar-refractivity contribution is 6.15. The molecule has 78 valence electrons. The zero-order valence-electron chi connectivity index (χ0n) is 8.49. The molecular formula is C11H12N2O2. The molecule has 0 atom stereocenters. The Bertz CT molecular complexity index is 443. The number of nitrogens with zero attached hydrogens (tertiary/aromatic N) is 1. The molecule has 1 aromatic heterocycles. The molecular weight excluding hydrogens is 192 g/mol. The van der Waals surface area contributed by atoms with E-state index in [1.54, 1.807) is 6.08 Å². The smallest absolute Gasteiger partial charge is 0.254 e. The number of hydrogen-bond donors (Lipinski definition) is 1. The van der Waals surface area contributed by atoms with Gasteiger partial charge in [-0.25, -0.2) is 0 Å². The molecule has 0 aliphatic carbocycles. The molecule has 2 amide bonds. The summed E-state index contributed by atoms with van der Waals surface area (Å²) >= 11 is 0. The third-order valence-corrected chi connectivity index (χ3v) is 2.38. The summed E-state index contributed by atoms with van der Waals surface area (Å²) in [7, 11) is 0. The van der Waals surface area contributed by atoms with E-state index in [4.69, 9.17) is 0 Å². The highest BCUT2D eigenvalue weighted by Crippen LogP contribution is 2.14. The minimum atomic E-state index is -0.274. The Morgan fingerprint density at radius 3 is 2.87 bits per heavy atom. The Labute approximate surface area is 87.6 Å². The lowest BCUT2D eigenvalue weighted by atomic mass is 10.1. The summed E-state index contributed by atoms with van der Waals surface area (Å²) in [6, 6.07) is 1.92. The molecule has 0 saturated carbocycles. The van der Waals surface area contributed by atoms with Gasteiger partial charge in [-0.05, 0) is 24.6 Å². The number of nitrogens with one attached hydrogen (secondary N) is 1. The SMILES string of the molecule is CCn1ccc(C=C2CC(=O)NC2=O)c1. The van der Waals surface area contributed by atoms with E-state index in [9.17, 15) is 9.59 Å². The summed E-state index contributed by atoms with van der Waals surface area (Å²) < 4.78 is 2.01. The zero-order valence-corrected chi connectivity index (χ0v) is 8.49. The minimum absolute atomic E-state index is 0.191. The summed E-state index contributed by atoms with van der Waals surface area (Å²) in [6.07, 6.45) is 5.84. The van der Waals surface area contributed by atoms with Gasteiger partial charge in [0.15, 0.2) is 0 Å². The molecule has 1 aliphatic heterocycles. The van der Waals surface area contributed by atoms with E-state index in [-0.39, 0.29) is 18.2 Å². The number of hydrogen-bond acceptors (Lipinski definition) is 2. The monoisotopic (exact) mass is 204 g/mol. The van der Waals surface area contributed by atoms with Gasteiger partial charge in [-0.2, -0.15) is 0 Å². The molecule has 1 saturated heterocycles. The number of carbonyl (C=O) groups excluding carboxylic acids is 2. The maximum Gasteiger partial charge on any atom is 0.254 e. The molecule has 1 aliphatic rings. The predicted molar refractivity (Wildman–Crippen MR) is 55.8 cm³/mol. The fourth-order valence-corrected chi connectivity index (χ4v) is 1.56. The fourth-order valence-electron chi connectivity index (χ4n) is 1.56. The van der Waals surface area contributed by atoms with Crippen molar-refractivity contribution in [1.29, 1.82) is 0 Å². The number of aromatic nitrogens is 1. The molecule has 2 rings (SSSR count). The van der Waals surface area contributed by atoms with Gasteiger partial charge in [-0.15, -0.1) is 0 Å². The van der Waals surface area contributed by atoms with Crippen LogP contribution in [0.3, 0.4) is 0 Å². The minimum Gasteiger partial charge on any atom is -0.354 e. The lowest BCUT2D eigenvalue weighted by Crippen LogP contribution is -2.19. The molecule has 15 heavy (non-hydrogen) atoms. The van der Waals surface area contributed by atoms with E-state index in [0.717, 1.165) is 12.1 Å². The Morgan fingerprint density at radius 1 is 1.53 bits per heavy atom. The summed E-state index contributed by atoms with van der Waals surface area (Å²) in [5.74, 6) is -0.495. The van der Waals surface area contributed by atoms with Crippen LogP contribution in [-0.2, 0) is 16.1 Å². The highest BCUT2D eigenvalue weighted by Gasteiger charge is 2.23. The number of amides is 2. The number of carbonyl (C=O) groups is 2. The normalized spacial score (nSPS) is 18.6. The zero-order chi connectivity index (χ0) is 10.8. The molecule has 2 heterocycles. The lowest BCUT2D eigenvalue weighted by Gasteiger charge is -1.93. The van der Waals surface area contributed by atoms with Crippen molar-refractivity contribution in [3.8, 4) is 0 Å². The topological polar surface area (TPSA) is 51.1 Å². The highest BCUT2D eigenvalue weighted by atomic mass is 16.2. The second-order valence-corrected chi connectivity index (χ2v) is 3.50. The van der Waals surface area contributed by atoms with Crippen molar-refractivity contribution in [1.82, 2.24) is 9.88 Å². The number of aryl methyl sites for hydroxylation is 1. The van der Waals surface area contributed by atoms with Crippen LogP contribution < -0.4 is 5.32 Å². The second-order valence-electron chi connectivity index (χ2n) is 3.50. The molecule has 0 radical (unpaired) electrons. The first-order chi connectivity index (χ1) is 7.19. The Morgan fingerprint density at radius 2 is 2.33 bits per heavy atom. The first kappa shape index (κ1) is 9.71. The molecule has 1 fully saturated rings. The predicted octanol–water partition coefficient (Wildman–Crippen LogP) is 0.938. The van der Waals surface area contributed by atoms with Gasteiger partial charge in [-0.1, -0.05) is 0 Å². The third-order valence-electron chi connectivity index (χ3n) is 2.38. The van der Waals surface area contributed by atoms with Crippen LogP contribution in [-0.4, -0.2) is 16.4 Å². The van der Waals surface area contributed by atoms with E-state index >= 15 is 0 Å². The van der Waals surface area contributed by atoms with Crippen molar-refractivity contribution in [3.05, 3.63) is 29.6 Å². The largest absolute Gasteiger partial charge is 0.354 e. The van der Waals surface area contributed by atoms with Crippen LogP contribution in [0.25, 0.3) is 6.08 Å². The van der Waals surface area contributed by atoms with Gasteiger partial charge in [0.1, 0.15) is 0 Å². The summed E-state index contributed by atoms with van der Waals surface area (Å²) in [4.78, 5) is 22.2. The summed E-state index contributed by atoms with van der Waals surface area (Å²) in [5.41, 5.74) is 1.49.